The summed E-state index contributed by atoms with van der Waals surface area (Å²) >= 11 is 0. The van der Waals surface area contributed by atoms with Crippen molar-refractivity contribution in [3.63, 3.8) is 0 Å². The Morgan fingerprint density at radius 1 is 1.00 bits per heavy atom. The van der Waals surface area contributed by atoms with Crippen molar-refractivity contribution in [2.45, 2.75) is 0 Å². The van der Waals surface area contributed by atoms with Crippen LogP contribution >= 0.6 is 0 Å². The summed E-state index contributed by atoms with van der Waals surface area (Å²) < 4.78 is 0. The zero-order valence-electron chi connectivity index (χ0n) is 0.854. The minimum absolute atomic E-state index is 0. The van der Waals surface area contributed by atoms with Gasteiger partial charge in [0.05, 0.1) is 8.41 Å². The van der Waals surface area contributed by atoms with Gasteiger partial charge in [-0.05, 0) is 0 Å². The molecule has 0 aromatic rings. The third-order valence-corrected chi connectivity index (χ3v) is 0. The molecule has 0 rings (SSSR count). The van der Waals surface area contributed by atoms with E-state index in [4.69, 9.17) is 0 Å². The monoisotopic (exact) mass is 290 g/mol. The van der Waals surface area contributed by atoms with Gasteiger partial charge in [-0.1, -0.05) is 0 Å². The van der Waals surface area contributed by atoms with Crippen LogP contribution < -0.4 is 0 Å². The fraction of sp³-hybridized carbons (Fsp3) is 0. The minimum Gasteiger partial charge on any atom is 0 e. The molecule has 0 aliphatic rings. The predicted molar refractivity (Wildman–Crippen MR) is 21.3 cm³/mol. The molecule has 0 nitrogen and oxygen atoms in total. The van der Waals surface area contributed by atoms with Crippen LogP contribution in [-0.2, 0) is 17.1 Å². The Balaban J connectivity index is 0. The standard InChI is InChI=1S/BH3.Fe.GeH4.Nd/h1H3;;1H4;. The fourth-order valence-corrected chi connectivity index (χ4v) is 0. The van der Waals surface area contributed by atoms with E-state index in [1.807, 2.05) is 0 Å². The van der Waals surface area contributed by atoms with Crippen LogP contribution in [0.4, 0.5) is 0 Å². The topological polar surface area (TPSA) is 0 Å². The van der Waals surface area contributed by atoms with Crippen LogP contribution in [0.25, 0.3) is 0 Å². The Hall–Kier alpha value is 2.48. The van der Waals surface area contributed by atoms with Crippen molar-refractivity contribution in [3.05, 3.63) is 0 Å². The molecule has 0 atom stereocenters. The molecule has 0 N–H and O–H groups in total. The average molecular weight is 291 g/mol. The molecular weight excluding hydrogens is 284 g/mol. The summed E-state index contributed by atoms with van der Waals surface area (Å²) in [4.78, 5) is 0. The first-order valence-corrected chi connectivity index (χ1v) is 0. The quantitative estimate of drug-likeness (QED) is 0.428. The van der Waals surface area contributed by atoms with E-state index in [0.717, 1.165) is 0 Å². The van der Waals surface area contributed by atoms with Crippen molar-refractivity contribution in [3.8, 4) is 0 Å². The van der Waals surface area contributed by atoms with Crippen molar-refractivity contribution in [2.75, 3.05) is 0 Å². The van der Waals surface area contributed by atoms with Gasteiger partial charge in [-0.25, -0.2) is 0 Å². The van der Waals surface area contributed by atoms with Crippen LogP contribution in [0.15, 0.2) is 0 Å². The van der Waals surface area contributed by atoms with Gasteiger partial charge in [0.25, 0.3) is 0 Å². The minimum atomic E-state index is 0. The van der Waals surface area contributed by atoms with Crippen molar-refractivity contribution < 1.29 is 57.9 Å². The van der Waals surface area contributed by atoms with E-state index < -0.39 is 0 Å². The van der Waals surface area contributed by atoms with Gasteiger partial charge in [-0.3, -0.25) is 0 Å². The molecule has 0 aromatic carbocycles. The SMILES string of the molecule is B.[Fe].[GeH4].[Nd]. The molecule has 0 radical (unpaired) electrons. The van der Waals surface area contributed by atoms with E-state index in [1.165, 1.54) is 0 Å². The molecule has 0 spiro atoms. The molecule has 0 aliphatic heterocycles. The molecule has 0 heterocycles. The first kappa shape index (κ1) is 31.7. The van der Waals surface area contributed by atoms with Gasteiger partial charge < -0.3 is 0 Å². The molecule has 4 heteroatoms. The average Bonchev–Trinajstić information content (AvgIpc) is 0. The van der Waals surface area contributed by atoms with Crippen LogP contribution in [0, 0.1) is 40.8 Å². The van der Waals surface area contributed by atoms with Gasteiger partial charge in [0.15, 0.2) is 0 Å². The van der Waals surface area contributed by atoms with E-state index in [9.17, 15) is 0 Å². The van der Waals surface area contributed by atoms with Crippen LogP contribution in [0.5, 0.6) is 0 Å². The summed E-state index contributed by atoms with van der Waals surface area (Å²) in [6.07, 6.45) is 0. The molecule has 4 heavy (non-hydrogen) atoms. The van der Waals surface area contributed by atoms with Crippen LogP contribution in [0.2, 0.25) is 0 Å². The molecule has 0 saturated heterocycles. The largest absolute Gasteiger partial charge is 0 e. The van der Waals surface area contributed by atoms with Gasteiger partial charge >= 0.3 is 17.6 Å². The number of hydrogen-bond donors (Lipinski definition) is 0. The van der Waals surface area contributed by atoms with Crippen molar-refractivity contribution in [1.82, 2.24) is 0 Å². The molecule has 0 aromatic heterocycles. The Bertz CT molecular complexity index is 8.00. The van der Waals surface area contributed by atoms with E-state index in [1.54, 1.807) is 0 Å². The summed E-state index contributed by atoms with van der Waals surface area (Å²) in [7, 11) is 0. The molecule has 0 bridgehead atoms. The van der Waals surface area contributed by atoms with Crippen LogP contribution in [0.3, 0.4) is 0 Å². The molecular formula is H7BFeGeNd. The molecule has 0 fully saturated rings. The predicted octanol–water partition coefficient (Wildman–Crippen LogP) is -2.64. The van der Waals surface area contributed by atoms with Gasteiger partial charge in [0.2, 0.25) is 0 Å². The summed E-state index contributed by atoms with van der Waals surface area (Å²) in [6.45, 7) is 0. The molecule has 0 saturated carbocycles. The third-order valence-electron chi connectivity index (χ3n) is 0. The Kier molecular flexibility index (Phi) is 142. The normalized spacial score (nSPS) is 0. The van der Waals surface area contributed by atoms with E-state index >= 15 is 0 Å². The Morgan fingerprint density at radius 2 is 1.00 bits per heavy atom. The molecule has 26 valence electrons. The van der Waals surface area contributed by atoms with Gasteiger partial charge in [-0.15, -0.1) is 0 Å². The van der Waals surface area contributed by atoms with E-state index in [2.05, 4.69) is 0 Å². The van der Waals surface area contributed by atoms with E-state index in [0.29, 0.717) is 0 Å². The molecule has 0 aliphatic carbocycles. The second-order valence-corrected chi connectivity index (χ2v) is 0. The summed E-state index contributed by atoms with van der Waals surface area (Å²) in [5, 5.41) is 0. The molecule has 0 amide bonds. The Morgan fingerprint density at radius 3 is 1.00 bits per heavy atom. The second kappa shape index (κ2) is 17.9. The maximum atomic E-state index is 0. The number of hydrogen-bond acceptors (Lipinski definition) is 0. The Labute approximate surface area is 82.4 Å². The first-order valence-electron chi connectivity index (χ1n) is 0. The van der Waals surface area contributed by atoms with Gasteiger partial charge in [0.1, 0.15) is 0 Å². The van der Waals surface area contributed by atoms with Crippen molar-refractivity contribution in [1.29, 1.82) is 0 Å². The van der Waals surface area contributed by atoms with Crippen LogP contribution in [-0.4, -0.2) is 26.0 Å². The fourth-order valence-electron chi connectivity index (χ4n) is 0. The number of rotatable bonds is 0. The van der Waals surface area contributed by atoms with Crippen molar-refractivity contribution >= 4 is 26.0 Å². The maximum Gasteiger partial charge on any atom is 0 e. The second-order valence-electron chi connectivity index (χ2n) is 0. The van der Waals surface area contributed by atoms with E-state index in [-0.39, 0.29) is 83.9 Å². The zero-order chi connectivity index (χ0) is 0. The maximum absolute atomic E-state index is 0. The first-order chi connectivity index (χ1) is 0. The zero-order valence-corrected chi connectivity index (χ0v) is 5.17. The summed E-state index contributed by atoms with van der Waals surface area (Å²) in [6, 6.07) is 0. The summed E-state index contributed by atoms with van der Waals surface area (Å²) in [5.74, 6) is 0. The van der Waals surface area contributed by atoms with Crippen LogP contribution in [0.1, 0.15) is 0 Å². The van der Waals surface area contributed by atoms with Gasteiger partial charge in [-0.2, -0.15) is 0 Å². The third kappa shape index (κ3) is 8.82. The molecule has 0 unspecified atom stereocenters. The van der Waals surface area contributed by atoms with Crippen molar-refractivity contribution in [2.24, 2.45) is 0 Å². The summed E-state index contributed by atoms with van der Waals surface area (Å²) in [5.41, 5.74) is 0. The van der Waals surface area contributed by atoms with Gasteiger partial charge in [0, 0.05) is 57.9 Å². The smallest absolute Gasteiger partial charge is 0 e.